The maximum atomic E-state index is 13.8. The average Bonchev–Trinajstić information content (AvgIpc) is 3.36. The predicted molar refractivity (Wildman–Crippen MR) is 128 cm³/mol. The maximum Gasteiger partial charge on any atom is 0.266 e. The lowest BCUT2D eigenvalue weighted by Crippen LogP contribution is -2.37. The highest BCUT2D eigenvalue weighted by Gasteiger charge is 2.60. The quantitative estimate of drug-likeness (QED) is 0.416. The third-order valence-electron chi connectivity index (χ3n) is 6.56. The molecular formula is C28H22N2O3. The molecule has 33 heavy (non-hydrogen) atoms. The number of carbonyl (C=O) groups is 2. The summed E-state index contributed by atoms with van der Waals surface area (Å²) in [5.74, 6) is -1.20. The van der Waals surface area contributed by atoms with Crippen LogP contribution in [0.3, 0.4) is 0 Å². The van der Waals surface area contributed by atoms with E-state index in [1.54, 1.807) is 5.06 Å². The van der Waals surface area contributed by atoms with Crippen LogP contribution in [-0.4, -0.2) is 17.9 Å². The van der Waals surface area contributed by atoms with Crippen LogP contribution in [0.15, 0.2) is 97.1 Å². The molecule has 3 atom stereocenters. The minimum atomic E-state index is -0.872. The number of para-hydroxylation sites is 1. The van der Waals surface area contributed by atoms with Crippen LogP contribution in [-0.2, 0) is 14.4 Å². The normalized spacial score (nSPS) is 22.3. The lowest BCUT2D eigenvalue weighted by atomic mass is 9.87. The first-order valence-electron chi connectivity index (χ1n) is 11.1. The number of hydroxylamine groups is 1. The standard InChI is InChI=1S/C28H22N2O3/c1-18-14-16-20(17-15-18)29-27(31)24-25(23-13-7-9-19-8-5-6-12-22(19)23)30(33-26(24)28(29)32)21-10-3-2-4-11-21/h2-17,24-26H,1H3/t24-,25-,26+/m1/s1. The van der Waals surface area contributed by atoms with Crippen molar-refractivity contribution < 1.29 is 14.4 Å². The van der Waals surface area contributed by atoms with Gasteiger partial charge in [-0.3, -0.25) is 14.4 Å². The average molecular weight is 434 g/mol. The van der Waals surface area contributed by atoms with Crippen molar-refractivity contribution in [2.24, 2.45) is 5.92 Å². The molecule has 4 aromatic rings. The molecule has 5 nitrogen and oxygen atoms in total. The molecule has 6 rings (SSSR count). The molecule has 2 saturated heterocycles. The minimum absolute atomic E-state index is 0.231. The van der Waals surface area contributed by atoms with Crippen LogP contribution >= 0.6 is 0 Å². The summed E-state index contributed by atoms with van der Waals surface area (Å²) in [6.45, 7) is 1.98. The van der Waals surface area contributed by atoms with Crippen molar-refractivity contribution in [1.82, 2.24) is 0 Å². The van der Waals surface area contributed by atoms with Gasteiger partial charge in [0.25, 0.3) is 5.91 Å². The number of carbonyl (C=O) groups excluding carboxylic acids is 2. The second-order valence-corrected chi connectivity index (χ2v) is 8.57. The van der Waals surface area contributed by atoms with Crippen molar-refractivity contribution >= 4 is 34.0 Å². The fourth-order valence-corrected chi connectivity index (χ4v) is 4.99. The number of rotatable bonds is 3. The Hall–Kier alpha value is -3.96. The Kier molecular flexibility index (Phi) is 4.52. The van der Waals surface area contributed by atoms with E-state index in [2.05, 4.69) is 18.2 Å². The largest absolute Gasteiger partial charge is 0.273 e. The number of anilines is 2. The molecule has 2 fully saturated rings. The van der Waals surface area contributed by atoms with Crippen LogP contribution in [0.1, 0.15) is 17.2 Å². The van der Waals surface area contributed by atoms with Gasteiger partial charge in [0.15, 0.2) is 6.10 Å². The molecule has 0 aliphatic carbocycles. The van der Waals surface area contributed by atoms with Gasteiger partial charge >= 0.3 is 0 Å². The molecule has 0 spiro atoms. The van der Waals surface area contributed by atoms with Gasteiger partial charge in [0.05, 0.1) is 17.4 Å². The van der Waals surface area contributed by atoms with Crippen LogP contribution in [0.5, 0.6) is 0 Å². The van der Waals surface area contributed by atoms with E-state index in [1.807, 2.05) is 85.8 Å². The lowest BCUT2D eigenvalue weighted by molar-refractivity contribution is -0.126. The first-order valence-corrected chi connectivity index (χ1v) is 11.1. The number of hydrogen-bond donors (Lipinski definition) is 0. The van der Waals surface area contributed by atoms with E-state index in [1.165, 1.54) is 4.90 Å². The summed E-state index contributed by atoms with van der Waals surface area (Å²) in [5, 5.41) is 3.88. The van der Waals surface area contributed by atoms with Crippen LogP contribution < -0.4 is 9.96 Å². The van der Waals surface area contributed by atoms with Gasteiger partial charge in [-0.15, -0.1) is 0 Å². The highest BCUT2D eigenvalue weighted by molar-refractivity contribution is 6.24. The highest BCUT2D eigenvalue weighted by atomic mass is 16.7. The van der Waals surface area contributed by atoms with Crippen LogP contribution in [0, 0.1) is 12.8 Å². The summed E-state index contributed by atoms with van der Waals surface area (Å²) in [4.78, 5) is 34.8. The number of imide groups is 1. The monoisotopic (exact) mass is 434 g/mol. The molecule has 0 saturated carbocycles. The van der Waals surface area contributed by atoms with E-state index >= 15 is 0 Å². The number of amides is 2. The van der Waals surface area contributed by atoms with Crippen LogP contribution in [0.25, 0.3) is 10.8 Å². The number of benzene rings is 4. The van der Waals surface area contributed by atoms with Gasteiger partial charge < -0.3 is 0 Å². The second kappa shape index (κ2) is 7.57. The molecule has 0 bridgehead atoms. The highest BCUT2D eigenvalue weighted by Crippen LogP contribution is 2.48. The number of aryl methyl sites for hydroxylation is 1. The van der Waals surface area contributed by atoms with E-state index in [0.717, 1.165) is 27.6 Å². The lowest BCUT2D eigenvalue weighted by Gasteiger charge is -2.29. The molecule has 5 heteroatoms. The zero-order valence-corrected chi connectivity index (χ0v) is 18.1. The van der Waals surface area contributed by atoms with E-state index < -0.39 is 18.1 Å². The van der Waals surface area contributed by atoms with Gasteiger partial charge in [0.1, 0.15) is 5.92 Å². The summed E-state index contributed by atoms with van der Waals surface area (Å²) in [5.41, 5.74) is 3.43. The Morgan fingerprint density at radius 2 is 1.39 bits per heavy atom. The zero-order chi connectivity index (χ0) is 22.5. The summed E-state index contributed by atoms with van der Waals surface area (Å²) in [6.07, 6.45) is -0.872. The summed E-state index contributed by atoms with van der Waals surface area (Å²) in [7, 11) is 0. The molecule has 2 amide bonds. The SMILES string of the molecule is Cc1ccc(N2C(=O)[C@H]3[C@H](ON(c4ccccc4)[C@@H]3c3cccc4ccccc34)C2=O)cc1. The van der Waals surface area contributed by atoms with Gasteiger partial charge in [-0.2, -0.15) is 0 Å². The Bertz CT molecular complexity index is 1360. The Labute approximate surface area is 191 Å². The fraction of sp³-hybridized carbons (Fsp3) is 0.143. The summed E-state index contributed by atoms with van der Waals surface area (Å²) >= 11 is 0. The van der Waals surface area contributed by atoms with Crippen LogP contribution in [0.4, 0.5) is 11.4 Å². The minimum Gasteiger partial charge on any atom is -0.273 e. The first kappa shape index (κ1) is 19.7. The number of hydrogen-bond acceptors (Lipinski definition) is 4. The molecule has 162 valence electrons. The molecular weight excluding hydrogens is 412 g/mol. The Balaban J connectivity index is 1.50. The molecule has 2 aliphatic heterocycles. The van der Waals surface area contributed by atoms with Crippen molar-refractivity contribution in [3.8, 4) is 0 Å². The third-order valence-corrected chi connectivity index (χ3v) is 6.56. The molecule has 0 aromatic heterocycles. The summed E-state index contributed by atoms with van der Waals surface area (Å²) in [6, 6.07) is 30.8. The molecule has 4 aromatic carbocycles. The third kappa shape index (κ3) is 3.04. The van der Waals surface area contributed by atoms with Gasteiger partial charge in [-0.25, -0.2) is 9.96 Å². The van der Waals surface area contributed by atoms with Crippen LogP contribution in [0.2, 0.25) is 0 Å². The van der Waals surface area contributed by atoms with Gasteiger partial charge in [0, 0.05) is 0 Å². The van der Waals surface area contributed by atoms with Gasteiger partial charge in [0.2, 0.25) is 5.91 Å². The van der Waals surface area contributed by atoms with Crippen molar-refractivity contribution in [3.63, 3.8) is 0 Å². The topological polar surface area (TPSA) is 49.9 Å². The number of nitrogens with zero attached hydrogens (tertiary/aromatic N) is 2. The molecule has 0 unspecified atom stereocenters. The Morgan fingerprint density at radius 3 is 2.18 bits per heavy atom. The fourth-order valence-electron chi connectivity index (χ4n) is 4.99. The van der Waals surface area contributed by atoms with Gasteiger partial charge in [-0.1, -0.05) is 78.4 Å². The predicted octanol–water partition coefficient (Wildman–Crippen LogP) is 5.20. The first-order chi connectivity index (χ1) is 16.1. The number of fused-ring (bicyclic) bond motifs is 2. The van der Waals surface area contributed by atoms with Gasteiger partial charge in [-0.05, 0) is 47.5 Å². The van der Waals surface area contributed by atoms with Crippen molar-refractivity contribution in [1.29, 1.82) is 0 Å². The molecule has 2 aliphatic rings. The smallest absolute Gasteiger partial charge is 0.266 e. The van der Waals surface area contributed by atoms with E-state index in [-0.39, 0.29) is 11.8 Å². The Morgan fingerprint density at radius 1 is 0.697 bits per heavy atom. The van der Waals surface area contributed by atoms with E-state index in [9.17, 15) is 9.59 Å². The molecule has 0 N–H and O–H groups in total. The second-order valence-electron chi connectivity index (χ2n) is 8.57. The van der Waals surface area contributed by atoms with E-state index in [0.29, 0.717) is 5.69 Å². The molecule has 2 heterocycles. The van der Waals surface area contributed by atoms with Crippen molar-refractivity contribution in [2.75, 3.05) is 9.96 Å². The van der Waals surface area contributed by atoms with Crippen molar-refractivity contribution in [3.05, 3.63) is 108 Å². The maximum absolute atomic E-state index is 13.8. The van der Waals surface area contributed by atoms with E-state index in [4.69, 9.17) is 4.84 Å². The zero-order valence-electron chi connectivity index (χ0n) is 18.1. The van der Waals surface area contributed by atoms with Crippen molar-refractivity contribution in [2.45, 2.75) is 19.1 Å². The molecule has 0 radical (unpaired) electrons. The summed E-state index contributed by atoms with van der Waals surface area (Å²) < 4.78 is 0.